The molecule has 4 heterocycles. The summed E-state index contributed by atoms with van der Waals surface area (Å²) in [5, 5.41) is 3.19. The highest BCUT2D eigenvalue weighted by atomic mass is 19.1. The van der Waals surface area contributed by atoms with E-state index in [9.17, 15) is 9.18 Å². The SMILES string of the molecule is O=C(C1CCCO1)N1CCC(c2nc(Nc3cccc(F)c3)cc(-c3ccncc3)n2)C1. The molecule has 32 heavy (non-hydrogen) atoms. The van der Waals surface area contributed by atoms with Gasteiger partial charge >= 0.3 is 0 Å². The molecule has 2 unspecified atom stereocenters. The van der Waals surface area contributed by atoms with Gasteiger partial charge in [-0.3, -0.25) is 9.78 Å². The lowest BCUT2D eigenvalue weighted by molar-refractivity contribution is -0.139. The van der Waals surface area contributed by atoms with Gasteiger partial charge in [-0.25, -0.2) is 14.4 Å². The molecule has 8 heteroatoms. The van der Waals surface area contributed by atoms with Crippen LogP contribution in [0.3, 0.4) is 0 Å². The van der Waals surface area contributed by atoms with E-state index in [0.717, 1.165) is 30.5 Å². The molecule has 7 nitrogen and oxygen atoms in total. The van der Waals surface area contributed by atoms with Gasteiger partial charge in [0.15, 0.2) is 0 Å². The molecule has 0 spiro atoms. The Hall–Kier alpha value is -3.39. The van der Waals surface area contributed by atoms with E-state index >= 15 is 0 Å². The summed E-state index contributed by atoms with van der Waals surface area (Å²) in [7, 11) is 0. The van der Waals surface area contributed by atoms with Crippen LogP contribution in [0.5, 0.6) is 0 Å². The first-order chi connectivity index (χ1) is 15.7. The number of amides is 1. The smallest absolute Gasteiger partial charge is 0.251 e. The van der Waals surface area contributed by atoms with Crippen LogP contribution in [0.1, 0.15) is 31.0 Å². The summed E-state index contributed by atoms with van der Waals surface area (Å²) in [6.07, 6.45) is 5.62. The fourth-order valence-electron chi connectivity index (χ4n) is 4.24. The number of likely N-dealkylation sites (tertiary alicyclic amines) is 1. The minimum absolute atomic E-state index is 0.0233. The Balaban J connectivity index is 1.42. The van der Waals surface area contributed by atoms with Crippen molar-refractivity contribution >= 4 is 17.4 Å². The summed E-state index contributed by atoms with van der Waals surface area (Å²) < 4.78 is 19.2. The number of hydrogen-bond donors (Lipinski definition) is 1. The topological polar surface area (TPSA) is 80.2 Å². The maximum Gasteiger partial charge on any atom is 0.251 e. The second-order valence-electron chi connectivity index (χ2n) is 8.14. The maximum absolute atomic E-state index is 13.7. The van der Waals surface area contributed by atoms with Gasteiger partial charge in [-0.15, -0.1) is 0 Å². The van der Waals surface area contributed by atoms with Crippen molar-refractivity contribution in [2.45, 2.75) is 31.3 Å². The molecule has 2 fully saturated rings. The molecular formula is C24H24FN5O2. The fourth-order valence-corrected chi connectivity index (χ4v) is 4.24. The van der Waals surface area contributed by atoms with E-state index in [1.807, 2.05) is 23.1 Å². The van der Waals surface area contributed by atoms with Crippen molar-refractivity contribution in [1.82, 2.24) is 19.9 Å². The zero-order valence-electron chi connectivity index (χ0n) is 17.6. The van der Waals surface area contributed by atoms with Crippen LogP contribution in [0.15, 0.2) is 54.9 Å². The number of nitrogens with zero attached hydrogens (tertiary/aromatic N) is 4. The van der Waals surface area contributed by atoms with Crippen LogP contribution in [0.2, 0.25) is 0 Å². The van der Waals surface area contributed by atoms with Crippen molar-refractivity contribution in [3.63, 3.8) is 0 Å². The Morgan fingerprint density at radius 1 is 1.12 bits per heavy atom. The second kappa shape index (κ2) is 9.00. The van der Waals surface area contributed by atoms with Crippen LogP contribution < -0.4 is 5.32 Å². The number of carbonyl (C=O) groups is 1. The Morgan fingerprint density at radius 2 is 2.00 bits per heavy atom. The molecule has 0 aliphatic carbocycles. The molecule has 1 amide bonds. The van der Waals surface area contributed by atoms with Gasteiger partial charge in [0.2, 0.25) is 0 Å². The predicted molar refractivity (Wildman–Crippen MR) is 118 cm³/mol. The Kier molecular flexibility index (Phi) is 5.77. The van der Waals surface area contributed by atoms with Crippen LogP contribution in [0.25, 0.3) is 11.3 Å². The molecule has 164 valence electrons. The number of pyridine rings is 1. The summed E-state index contributed by atoms with van der Waals surface area (Å²) in [6.45, 7) is 1.89. The lowest BCUT2D eigenvalue weighted by atomic mass is 10.1. The highest BCUT2D eigenvalue weighted by Crippen LogP contribution is 2.30. The largest absolute Gasteiger partial charge is 0.368 e. The summed E-state index contributed by atoms with van der Waals surface area (Å²) in [5.41, 5.74) is 2.27. The monoisotopic (exact) mass is 433 g/mol. The Labute approximate surface area is 185 Å². The number of halogens is 1. The lowest BCUT2D eigenvalue weighted by Crippen LogP contribution is -2.37. The van der Waals surface area contributed by atoms with Crippen molar-refractivity contribution in [3.8, 4) is 11.3 Å². The third kappa shape index (κ3) is 4.45. The molecular weight excluding hydrogens is 409 g/mol. The minimum atomic E-state index is -0.322. The summed E-state index contributed by atoms with van der Waals surface area (Å²) in [5.74, 6) is 1.01. The highest BCUT2D eigenvalue weighted by molar-refractivity contribution is 5.81. The standard InChI is InChI=1S/C24H24FN5O2/c25-18-3-1-4-19(13-18)27-22-14-20(16-6-9-26-10-7-16)28-23(29-22)17-8-11-30(15-17)24(31)21-5-2-12-32-21/h1,3-4,6-7,9-10,13-14,17,21H,2,5,8,11-12,15H2,(H,27,28,29). The number of ether oxygens (including phenoxy) is 1. The maximum atomic E-state index is 13.7. The Bertz CT molecular complexity index is 1100. The van der Waals surface area contributed by atoms with Crippen molar-refractivity contribution < 1.29 is 13.9 Å². The van der Waals surface area contributed by atoms with Gasteiger partial charge in [-0.05, 0) is 49.6 Å². The molecule has 2 aliphatic heterocycles. The lowest BCUT2D eigenvalue weighted by Gasteiger charge is -2.20. The van der Waals surface area contributed by atoms with Crippen LogP contribution in [-0.2, 0) is 9.53 Å². The van der Waals surface area contributed by atoms with Crippen molar-refractivity contribution in [1.29, 1.82) is 0 Å². The molecule has 0 radical (unpaired) electrons. The van der Waals surface area contributed by atoms with Crippen LogP contribution in [0.4, 0.5) is 15.9 Å². The minimum Gasteiger partial charge on any atom is -0.368 e. The number of anilines is 2. The molecule has 2 atom stereocenters. The molecule has 5 rings (SSSR count). The first-order valence-electron chi connectivity index (χ1n) is 10.9. The molecule has 1 N–H and O–H groups in total. The van der Waals surface area contributed by atoms with Crippen LogP contribution in [-0.4, -0.2) is 51.6 Å². The van der Waals surface area contributed by atoms with Crippen molar-refractivity contribution in [2.75, 3.05) is 25.0 Å². The third-order valence-corrected chi connectivity index (χ3v) is 5.89. The van der Waals surface area contributed by atoms with E-state index in [4.69, 9.17) is 14.7 Å². The van der Waals surface area contributed by atoms with Gasteiger partial charge in [0, 0.05) is 55.3 Å². The molecule has 0 bridgehead atoms. The van der Waals surface area contributed by atoms with E-state index in [-0.39, 0.29) is 23.7 Å². The van der Waals surface area contributed by atoms with Crippen LogP contribution >= 0.6 is 0 Å². The summed E-state index contributed by atoms with van der Waals surface area (Å²) in [4.78, 5) is 28.2. The quantitative estimate of drug-likeness (QED) is 0.657. The number of hydrogen-bond acceptors (Lipinski definition) is 6. The van der Waals surface area contributed by atoms with Crippen molar-refractivity contribution in [3.05, 3.63) is 66.5 Å². The summed E-state index contributed by atoms with van der Waals surface area (Å²) in [6, 6.07) is 11.9. The van der Waals surface area contributed by atoms with Gasteiger partial charge in [-0.1, -0.05) is 6.07 Å². The van der Waals surface area contributed by atoms with Gasteiger partial charge in [0.25, 0.3) is 5.91 Å². The first kappa shape index (κ1) is 20.5. The molecule has 1 aromatic carbocycles. The van der Waals surface area contributed by atoms with Gasteiger partial charge in [0.05, 0.1) is 5.69 Å². The van der Waals surface area contributed by atoms with E-state index < -0.39 is 0 Å². The molecule has 2 aliphatic rings. The number of benzene rings is 1. The van der Waals surface area contributed by atoms with Gasteiger partial charge in [0.1, 0.15) is 23.6 Å². The molecule has 0 saturated carbocycles. The zero-order valence-corrected chi connectivity index (χ0v) is 17.6. The average Bonchev–Trinajstić information content (AvgIpc) is 3.52. The number of aromatic nitrogens is 3. The Morgan fingerprint density at radius 3 is 2.78 bits per heavy atom. The summed E-state index contributed by atoms with van der Waals surface area (Å²) >= 11 is 0. The first-order valence-corrected chi connectivity index (χ1v) is 10.9. The van der Waals surface area contributed by atoms with E-state index in [1.165, 1.54) is 12.1 Å². The van der Waals surface area contributed by atoms with Gasteiger partial charge < -0.3 is 15.0 Å². The third-order valence-electron chi connectivity index (χ3n) is 5.89. The zero-order chi connectivity index (χ0) is 21.9. The predicted octanol–water partition coefficient (Wildman–Crippen LogP) is 3.92. The van der Waals surface area contributed by atoms with E-state index in [2.05, 4.69) is 10.3 Å². The molecule has 3 aromatic rings. The second-order valence-corrected chi connectivity index (χ2v) is 8.14. The number of nitrogens with one attached hydrogen (secondary N) is 1. The van der Waals surface area contributed by atoms with E-state index in [1.54, 1.807) is 24.5 Å². The van der Waals surface area contributed by atoms with Crippen molar-refractivity contribution in [2.24, 2.45) is 0 Å². The highest BCUT2D eigenvalue weighted by Gasteiger charge is 2.34. The molecule has 2 aromatic heterocycles. The van der Waals surface area contributed by atoms with E-state index in [0.29, 0.717) is 37.0 Å². The normalized spacial score (nSPS) is 20.5. The van der Waals surface area contributed by atoms with Gasteiger partial charge in [-0.2, -0.15) is 0 Å². The average molecular weight is 433 g/mol. The number of carbonyl (C=O) groups excluding carboxylic acids is 1. The fraction of sp³-hybridized carbons (Fsp3) is 0.333. The molecule has 2 saturated heterocycles. The van der Waals surface area contributed by atoms with Crippen LogP contribution in [0, 0.1) is 5.82 Å². The number of rotatable bonds is 5.